The standard InChI is InChI=1S/C19H19ClN2O4S/c1-11(26-19(25)16-10-15(27-3)8-9-17(16)20)18(24)22-14-6-4-13(5-7-14)21-12(2)23/h4-11H,1-3H3,(H,21,23)(H,22,24)/t11-/m1/s1. The molecule has 0 radical (unpaired) electrons. The number of rotatable bonds is 6. The van der Waals surface area contributed by atoms with Crippen LogP contribution in [0.5, 0.6) is 0 Å². The largest absolute Gasteiger partial charge is 0.449 e. The van der Waals surface area contributed by atoms with E-state index in [4.69, 9.17) is 16.3 Å². The molecule has 8 heteroatoms. The summed E-state index contributed by atoms with van der Waals surface area (Å²) < 4.78 is 5.23. The van der Waals surface area contributed by atoms with E-state index in [1.807, 2.05) is 6.26 Å². The van der Waals surface area contributed by atoms with Crippen LogP contribution in [0.15, 0.2) is 47.4 Å². The molecule has 142 valence electrons. The van der Waals surface area contributed by atoms with Gasteiger partial charge >= 0.3 is 5.97 Å². The average Bonchev–Trinajstić information content (AvgIpc) is 2.63. The van der Waals surface area contributed by atoms with Gasteiger partial charge in [0.1, 0.15) is 0 Å². The van der Waals surface area contributed by atoms with Gasteiger partial charge in [-0.2, -0.15) is 0 Å². The lowest BCUT2D eigenvalue weighted by atomic mass is 10.2. The number of amides is 2. The topological polar surface area (TPSA) is 84.5 Å². The Balaban J connectivity index is 1.99. The second kappa shape index (κ2) is 9.43. The lowest BCUT2D eigenvalue weighted by molar-refractivity contribution is -0.123. The van der Waals surface area contributed by atoms with Crippen LogP contribution in [0, 0.1) is 0 Å². The Bertz CT molecular complexity index is 855. The van der Waals surface area contributed by atoms with Gasteiger partial charge in [-0.15, -0.1) is 11.8 Å². The molecule has 0 aliphatic rings. The number of carbonyl (C=O) groups is 3. The molecule has 2 aromatic carbocycles. The van der Waals surface area contributed by atoms with Gasteiger partial charge in [-0.25, -0.2) is 4.79 Å². The van der Waals surface area contributed by atoms with Crippen molar-refractivity contribution in [1.29, 1.82) is 0 Å². The van der Waals surface area contributed by atoms with Crippen molar-refractivity contribution in [2.75, 3.05) is 16.9 Å². The Hall–Kier alpha value is -2.51. The summed E-state index contributed by atoms with van der Waals surface area (Å²) in [5, 5.41) is 5.54. The highest BCUT2D eigenvalue weighted by Crippen LogP contribution is 2.24. The number of halogens is 1. The SMILES string of the molecule is CSc1ccc(Cl)c(C(=O)O[C@H](C)C(=O)Nc2ccc(NC(C)=O)cc2)c1. The number of nitrogens with one attached hydrogen (secondary N) is 2. The van der Waals surface area contributed by atoms with Crippen molar-refractivity contribution < 1.29 is 19.1 Å². The minimum absolute atomic E-state index is 0.184. The Morgan fingerprint density at radius 2 is 1.63 bits per heavy atom. The third-order valence-electron chi connectivity index (χ3n) is 3.52. The van der Waals surface area contributed by atoms with Gasteiger partial charge in [-0.3, -0.25) is 9.59 Å². The minimum atomic E-state index is -1.01. The van der Waals surface area contributed by atoms with Gasteiger partial charge in [-0.1, -0.05) is 11.6 Å². The zero-order chi connectivity index (χ0) is 20.0. The molecule has 0 spiro atoms. The van der Waals surface area contributed by atoms with E-state index < -0.39 is 18.0 Å². The number of anilines is 2. The average molecular weight is 407 g/mol. The summed E-state index contributed by atoms with van der Waals surface area (Å²) in [6.45, 7) is 2.89. The Morgan fingerprint density at radius 1 is 1.04 bits per heavy atom. The molecular weight excluding hydrogens is 388 g/mol. The maximum absolute atomic E-state index is 12.3. The fraction of sp³-hybridized carbons (Fsp3) is 0.211. The van der Waals surface area contributed by atoms with Crippen LogP contribution in [0.1, 0.15) is 24.2 Å². The van der Waals surface area contributed by atoms with Gasteiger partial charge in [0.2, 0.25) is 5.91 Å². The molecule has 0 aromatic heterocycles. The first-order valence-electron chi connectivity index (χ1n) is 8.03. The molecular formula is C19H19ClN2O4S. The molecule has 0 saturated carbocycles. The molecule has 0 saturated heterocycles. The summed E-state index contributed by atoms with van der Waals surface area (Å²) in [6.07, 6.45) is 0.868. The van der Waals surface area contributed by atoms with Crippen LogP contribution in [0.4, 0.5) is 11.4 Å². The van der Waals surface area contributed by atoms with Crippen molar-refractivity contribution in [1.82, 2.24) is 0 Å². The van der Waals surface area contributed by atoms with Gasteiger partial charge in [-0.05, 0) is 55.6 Å². The third-order valence-corrected chi connectivity index (χ3v) is 4.57. The molecule has 2 N–H and O–H groups in total. The molecule has 0 fully saturated rings. The summed E-state index contributed by atoms with van der Waals surface area (Å²) in [6, 6.07) is 11.6. The molecule has 0 bridgehead atoms. The van der Waals surface area contributed by atoms with Crippen LogP contribution in [0.3, 0.4) is 0 Å². The van der Waals surface area contributed by atoms with Crippen LogP contribution in [0.2, 0.25) is 5.02 Å². The number of ether oxygens (including phenoxy) is 1. The van der Waals surface area contributed by atoms with Crippen LogP contribution in [-0.2, 0) is 14.3 Å². The fourth-order valence-electron chi connectivity index (χ4n) is 2.15. The molecule has 0 aliphatic carbocycles. The maximum atomic E-state index is 12.3. The predicted octanol–water partition coefficient (Wildman–Crippen LogP) is 4.20. The zero-order valence-electron chi connectivity index (χ0n) is 15.0. The van der Waals surface area contributed by atoms with Crippen molar-refractivity contribution in [3.8, 4) is 0 Å². The number of thioether (sulfide) groups is 1. The normalized spacial score (nSPS) is 11.4. The van der Waals surface area contributed by atoms with Crippen LogP contribution in [-0.4, -0.2) is 30.1 Å². The van der Waals surface area contributed by atoms with E-state index >= 15 is 0 Å². The highest BCUT2D eigenvalue weighted by molar-refractivity contribution is 7.98. The first-order chi connectivity index (χ1) is 12.8. The third kappa shape index (κ3) is 6.01. The highest BCUT2D eigenvalue weighted by atomic mass is 35.5. The van der Waals surface area contributed by atoms with E-state index in [1.165, 1.54) is 25.6 Å². The summed E-state index contributed by atoms with van der Waals surface area (Å²) >= 11 is 7.52. The van der Waals surface area contributed by atoms with Crippen LogP contribution < -0.4 is 10.6 Å². The van der Waals surface area contributed by atoms with Crippen molar-refractivity contribution in [2.24, 2.45) is 0 Å². The van der Waals surface area contributed by atoms with Crippen LogP contribution in [0.25, 0.3) is 0 Å². The van der Waals surface area contributed by atoms with Crippen LogP contribution >= 0.6 is 23.4 Å². The van der Waals surface area contributed by atoms with E-state index in [2.05, 4.69) is 10.6 Å². The quantitative estimate of drug-likeness (QED) is 0.554. The lowest BCUT2D eigenvalue weighted by Crippen LogP contribution is -2.30. The first-order valence-corrected chi connectivity index (χ1v) is 9.63. The van der Waals surface area contributed by atoms with Gasteiger partial charge in [0.15, 0.2) is 6.10 Å². The summed E-state index contributed by atoms with van der Waals surface area (Å²) in [7, 11) is 0. The molecule has 2 amide bonds. The molecule has 0 heterocycles. The number of carbonyl (C=O) groups excluding carboxylic acids is 3. The highest BCUT2D eigenvalue weighted by Gasteiger charge is 2.21. The molecule has 2 aromatic rings. The molecule has 0 unspecified atom stereocenters. The first kappa shape index (κ1) is 20.8. The smallest absolute Gasteiger partial charge is 0.340 e. The van der Waals surface area contributed by atoms with Crippen molar-refractivity contribution in [3.63, 3.8) is 0 Å². The Morgan fingerprint density at radius 3 is 2.19 bits per heavy atom. The molecule has 27 heavy (non-hydrogen) atoms. The van der Waals surface area contributed by atoms with Gasteiger partial charge in [0, 0.05) is 23.2 Å². The number of hydrogen-bond donors (Lipinski definition) is 2. The second-order valence-electron chi connectivity index (χ2n) is 5.64. The Kier molecular flexibility index (Phi) is 7.27. The molecule has 6 nitrogen and oxygen atoms in total. The minimum Gasteiger partial charge on any atom is -0.449 e. The summed E-state index contributed by atoms with van der Waals surface area (Å²) in [4.78, 5) is 36.4. The molecule has 2 rings (SSSR count). The predicted molar refractivity (Wildman–Crippen MR) is 107 cm³/mol. The number of hydrogen-bond acceptors (Lipinski definition) is 5. The van der Waals surface area contributed by atoms with Crippen molar-refractivity contribution in [3.05, 3.63) is 53.1 Å². The van der Waals surface area contributed by atoms with Gasteiger partial charge < -0.3 is 15.4 Å². The molecule has 1 atom stereocenters. The van der Waals surface area contributed by atoms with Gasteiger partial charge in [0.25, 0.3) is 5.91 Å². The fourth-order valence-corrected chi connectivity index (χ4v) is 2.78. The lowest BCUT2D eigenvalue weighted by Gasteiger charge is -2.14. The maximum Gasteiger partial charge on any atom is 0.340 e. The summed E-state index contributed by atoms with van der Waals surface area (Å²) in [5.41, 5.74) is 1.34. The number of benzene rings is 2. The summed E-state index contributed by atoms with van der Waals surface area (Å²) in [5.74, 6) is -1.33. The van der Waals surface area contributed by atoms with Gasteiger partial charge in [0.05, 0.1) is 10.6 Å². The van der Waals surface area contributed by atoms with E-state index in [0.717, 1.165) is 4.90 Å². The van der Waals surface area contributed by atoms with E-state index in [1.54, 1.807) is 42.5 Å². The van der Waals surface area contributed by atoms with Crippen molar-refractivity contribution >= 4 is 52.5 Å². The molecule has 0 aliphatic heterocycles. The van der Waals surface area contributed by atoms with E-state index in [0.29, 0.717) is 11.4 Å². The van der Waals surface area contributed by atoms with Crippen molar-refractivity contribution in [2.45, 2.75) is 24.8 Å². The van der Waals surface area contributed by atoms with E-state index in [-0.39, 0.29) is 16.5 Å². The zero-order valence-corrected chi connectivity index (χ0v) is 16.6. The second-order valence-corrected chi connectivity index (χ2v) is 6.93. The monoisotopic (exact) mass is 406 g/mol. The Labute approximate surface area is 166 Å². The number of esters is 1. The van der Waals surface area contributed by atoms with E-state index in [9.17, 15) is 14.4 Å².